The molecule has 6 nitrogen and oxygen atoms in total. The highest BCUT2D eigenvalue weighted by molar-refractivity contribution is 5.90. The van der Waals surface area contributed by atoms with Gasteiger partial charge in [0.15, 0.2) is 0 Å². The molecule has 0 unspecified atom stereocenters. The molecule has 6 heteroatoms. The number of fused-ring (bicyclic) bond motifs is 1. The molecule has 0 aliphatic heterocycles. The maximum atomic E-state index is 11.5. The van der Waals surface area contributed by atoms with Crippen LogP contribution in [-0.4, -0.2) is 20.2 Å². The van der Waals surface area contributed by atoms with Crippen molar-refractivity contribution >= 4 is 22.4 Å². The molecule has 0 amide bonds. The molecule has 3 aromatic rings. The maximum Gasteiger partial charge on any atom is 0.251 e. The molecule has 0 radical (unpaired) electrons. The van der Waals surface area contributed by atoms with E-state index in [1.54, 1.807) is 18.6 Å². The highest BCUT2D eigenvalue weighted by atomic mass is 16.1. The van der Waals surface area contributed by atoms with Gasteiger partial charge in [0, 0.05) is 23.8 Å². The molecule has 0 aromatic carbocycles. The van der Waals surface area contributed by atoms with Crippen molar-refractivity contribution in [2.45, 2.75) is 0 Å². The van der Waals surface area contributed by atoms with E-state index in [-0.39, 0.29) is 5.56 Å². The lowest BCUT2D eigenvalue weighted by molar-refractivity contribution is 1.09. The Hall–Kier alpha value is -2.63. The zero-order valence-corrected chi connectivity index (χ0v) is 8.77. The molecule has 0 fully saturated rings. The fourth-order valence-corrected chi connectivity index (χ4v) is 1.66. The molecular weight excluding hydrogens is 218 g/mol. The quantitative estimate of drug-likeness (QED) is 0.617. The summed E-state index contributed by atoms with van der Waals surface area (Å²) in [6.07, 6.45) is 4.99. The topological polar surface area (TPSA) is 86.5 Å². The third-order valence-electron chi connectivity index (χ3n) is 2.39. The first kappa shape index (κ1) is 9.59. The Morgan fingerprint density at radius 2 is 2.29 bits per heavy atom. The summed E-state index contributed by atoms with van der Waals surface area (Å²) in [5.74, 6) is 0. The summed E-state index contributed by atoms with van der Waals surface area (Å²) in [5, 5.41) is 10.5. The first-order chi connectivity index (χ1) is 8.33. The number of nitrogens with one attached hydrogen (secondary N) is 3. The van der Waals surface area contributed by atoms with Gasteiger partial charge in [0.25, 0.3) is 5.56 Å². The van der Waals surface area contributed by atoms with E-state index in [0.717, 1.165) is 11.1 Å². The van der Waals surface area contributed by atoms with Gasteiger partial charge < -0.3 is 10.3 Å². The van der Waals surface area contributed by atoms with E-state index in [4.69, 9.17) is 0 Å². The SMILES string of the molecule is O=c1cc(Nc2cn[nH]c2)c2cccnc2[nH]1. The van der Waals surface area contributed by atoms with Crippen molar-refractivity contribution in [3.63, 3.8) is 0 Å². The number of aromatic amines is 2. The molecule has 0 atom stereocenters. The van der Waals surface area contributed by atoms with Crippen molar-refractivity contribution < 1.29 is 0 Å². The number of hydrogen-bond donors (Lipinski definition) is 3. The Kier molecular flexibility index (Phi) is 2.11. The van der Waals surface area contributed by atoms with Crippen LogP contribution in [-0.2, 0) is 0 Å². The smallest absolute Gasteiger partial charge is 0.251 e. The number of rotatable bonds is 2. The summed E-state index contributed by atoms with van der Waals surface area (Å²) in [7, 11) is 0. The molecule has 17 heavy (non-hydrogen) atoms. The lowest BCUT2D eigenvalue weighted by atomic mass is 10.2. The van der Waals surface area contributed by atoms with Crippen LogP contribution in [0.2, 0.25) is 0 Å². The van der Waals surface area contributed by atoms with Crippen LogP contribution in [0.4, 0.5) is 11.4 Å². The van der Waals surface area contributed by atoms with Crippen molar-refractivity contribution in [1.82, 2.24) is 20.2 Å². The Morgan fingerprint density at radius 3 is 3.12 bits per heavy atom. The van der Waals surface area contributed by atoms with Gasteiger partial charge in [-0.3, -0.25) is 9.89 Å². The molecule has 0 saturated heterocycles. The van der Waals surface area contributed by atoms with Gasteiger partial charge in [-0.2, -0.15) is 5.10 Å². The Morgan fingerprint density at radius 1 is 1.35 bits per heavy atom. The van der Waals surface area contributed by atoms with Crippen molar-refractivity contribution in [3.05, 3.63) is 47.1 Å². The number of hydrogen-bond acceptors (Lipinski definition) is 4. The predicted molar refractivity (Wildman–Crippen MR) is 64.2 cm³/mol. The van der Waals surface area contributed by atoms with Crippen LogP contribution >= 0.6 is 0 Å². The fourth-order valence-electron chi connectivity index (χ4n) is 1.66. The van der Waals surface area contributed by atoms with E-state index in [9.17, 15) is 4.79 Å². The minimum absolute atomic E-state index is 0.192. The van der Waals surface area contributed by atoms with Crippen LogP contribution in [0.15, 0.2) is 41.6 Å². The third-order valence-corrected chi connectivity index (χ3v) is 2.39. The van der Waals surface area contributed by atoms with Crippen LogP contribution in [0.1, 0.15) is 0 Å². The van der Waals surface area contributed by atoms with Crippen molar-refractivity contribution in [2.24, 2.45) is 0 Å². The van der Waals surface area contributed by atoms with Crippen molar-refractivity contribution in [3.8, 4) is 0 Å². The number of H-pyrrole nitrogens is 2. The van der Waals surface area contributed by atoms with Gasteiger partial charge in [0.1, 0.15) is 5.65 Å². The second kappa shape index (κ2) is 3.75. The van der Waals surface area contributed by atoms with Crippen LogP contribution in [0.3, 0.4) is 0 Å². The van der Waals surface area contributed by atoms with E-state index in [1.807, 2.05) is 12.1 Å². The molecule has 0 bridgehead atoms. The normalized spacial score (nSPS) is 10.6. The summed E-state index contributed by atoms with van der Waals surface area (Å²) in [4.78, 5) is 18.3. The summed E-state index contributed by atoms with van der Waals surface area (Å²) >= 11 is 0. The van der Waals surface area contributed by atoms with Gasteiger partial charge in [-0.05, 0) is 12.1 Å². The minimum Gasteiger partial charge on any atom is -0.352 e. The lowest BCUT2D eigenvalue weighted by Crippen LogP contribution is -2.07. The summed E-state index contributed by atoms with van der Waals surface area (Å²) in [5.41, 5.74) is 1.87. The van der Waals surface area contributed by atoms with Crippen LogP contribution in [0.5, 0.6) is 0 Å². The first-order valence-corrected chi connectivity index (χ1v) is 5.07. The standard InChI is InChI=1S/C11H9N5O/c17-10-4-9(15-7-5-13-14-6-7)8-2-1-3-12-11(8)16-10/h1-6H,(H,13,14)(H2,12,15,16,17). The average Bonchev–Trinajstić information content (AvgIpc) is 2.81. The average molecular weight is 227 g/mol. The van der Waals surface area contributed by atoms with E-state index in [1.165, 1.54) is 6.07 Å². The molecule has 0 spiro atoms. The molecule has 3 rings (SSSR count). The predicted octanol–water partition coefficient (Wildman–Crippen LogP) is 1.39. The van der Waals surface area contributed by atoms with Crippen LogP contribution < -0.4 is 10.9 Å². The van der Waals surface area contributed by atoms with Crippen molar-refractivity contribution in [1.29, 1.82) is 0 Å². The fraction of sp³-hybridized carbons (Fsp3) is 0. The van der Waals surface area contributed by atoms with E-state index >= 15 is 0 Å². The summed E-state index contributed by atoms with van der Waals surface area (Å²) in [6.45, 7) is 0. The van der Waals surface area contributed by atoms with Crippen molar-refractivity contribution in [2.75, 3.05) is 5.32 Å². The Balaban J connectivity index is 2.18. The molecule has 84 valence electrons. The van der Waals surface area contributed by atoms with Crippen LogP contribution in [0, 0.1) is 0 Å². The summed E-state index contributed by atoms with van der Waals surface area (Å²) < 4.78 is 0. The van der Waals surface area contributed by atoms with Gasteiger partial charge in [0.2, 0.25) is 0 Å². The Labute approximate surface area is 95.7 Å². The number of pyridine rings is 2. The number of anilines is 2. The van der Waals surface area contributed by atoms with E-state index in [0.29, 0.717) is 11.3 Å². The zero-order chi connectivity index (χ0) is 11.7. The largest absolute Gasteiger partial charge is 0.352 e. The molecule has 3 N–H and O–H groups in total. The third kappa shape index (κ3) is 1.76. The highest BCUT2D eigenvalue weighted by Crippen LogP contribution is 2.21. The van der Waals surface area contributed by atoms with Crippen LogP contribution in [0.25, 0.3) is 11.0 Å². The molecule has 3 aromatic heterocycles. The molecule has 0 saturated carbocycles. The number of nitrogens with zero attached hydrogens (tertiary/aromatic N) is 2. The Bertz CT molecular complexity index is 701. The minimum atomic E-state index is -0.192. The highest BCUT2D eigenvalue weighted by Gasteiger charge is 2.04. The van der Waals surface area contributed by atoms with E-state index in [2.05, 4.69) is 25.5 Å². The molecule has 0 aliphatic rings. The van der Waals surface area contributed by atoms with Gasteiger partial charge in [-0.1, -0.05) is 0 Å². The first-order valence-electron chi connectivity index (χ1n) is 5.07. The second-order valence-electron chi connectivity index (χ2n) is 3.56. The van der Waals surface area contributed by atoms with E-state index < -0.39 is 0 Å². The lowest BCUT2D eigenvalue weighted by Gasteiger charge is -2.06. The molecular formula is C11H9N5O. The zero-order valence-electron chi connectivity index (χ0n) is 8.77. The van der Waals surface area contributed by atoms with Gasteiger partial charge in [-0.25, -0.2) is 4.98 Å². The molecule has 3 heterocycles. The summed E-state index contributed by atoms with van der Waals surface area (Å²) in [6, 6.07) is 5.21. The van der Waals surface area contributed by atoms with Gasteiger partial charge >= 0.3 is 0 Å². The van der Waals surface area contributed by atoms with Gasteiger partial charge in [-0.15, -0.1) is 0 Å². The second-order valence-corrected chi connectivity index (χ2v) is 3.56. The molecule has 0 aliphatic carbocycles. The van der Waals surface area contributed by atoms with Gasteiger partial charge in [0.05, 0.1) is 17.6 Å². The monoisotopic (exact) mass is 227 g/mol. The maximum absolute atomic E-state index is 11.5. The number of aromatic nitrogens is 4.